The molecular weight excluding hydrogens is 915 g/mol. The van der Waals surface area contributed by atoms with Crippen molar-refractivity contribution in [3.05, 3.63) is 29.8 Å². The maximum Gasteiger partial charge on any atom is 0.243 e. The van der Waals surface area contributed by atoms with Crippen LogP contribution in [-0.2, 0) is 35.2 Å². The quantitative estimate of drug-likeness (QED) is 0.0196. The van der Waals surface area contributed by atoms with Crippen LogP contribution in [0, 0.1) is 5.92 Å². The first-order valence-corrected chi connectivity index (χ1v) is 25.7. The number of nitrogens with one attached hydrogen (secondary N) is 6. The Balaban J connectivity index is 3.25. The molecule has 6 atom stereocenters. The van der Waals surface area contributed by atoms with Gasteiger partial charge in [0, 0.05) is 33.0 Å². The van der Waals surface area contributed by atoms with Crippen LogP contribution in [-0.4, -0.2) is 107 Å². The second kappa shape index (κ2) is 37.1. The van der Waals surface area contributed by atoms with Gasteiger partial charge in [0.1, 0.15) is 36.0 Å². The van der Waals surface area contributed by atoms with Crippen molar-refractivity contribution in [2.45, 2.75) is 193 Å². The van der Waals surface area contributed by atoms with Gasteiger partial charge in [-0.15, -0.1) is 0 Å². The SMILES string of the molecule is CCCCCCCCCCCCCC(=S)NCCCC[C@H](NC(=O)[C@@H](NC(=O)[C@H](CCCN=C(N)N)NC(C)=O)[C@@H](C)CC)C(=O)N[C@@H](CCCN=C(N)N)C(=O)N[C@@H](Cc1ccc(O)cc1)C(N)=O. The van der Waals surface area contributed by atoms with Crippen molar-refractivity contribution in [2.75, 3.05) is 19.6 Å². The Hall–Kier alpha value is -5.73. The molecule has 396 valence electrons. The van der Waals surface area contributed by atoms with Crippen molar-refractivity contribution in [3.8, 4) is 5.75 Å². The van der Waals surface area contributed by atoms with Gasteiger partial charge in [-0.05, 0) is 81.4 Å². The summed E-state index contributed by atoms with van der Waals surface area (Å²) in [5.41, 5.74) is 28.2. The first kappa shape index (κ1) is 62.3. The predicted molar refractivity (Wildman–Crippen MR) is 281 cm³/mol. The third-order valence-corrected chi connectivity index (χ3v) is 12.3. The summed E-state index contributed by atoms with van der Waals surface area (Å²) >= 11 is 5.62. The fraction of sp³-hybridized carbons (Fsp3) is 0.694. The lowest BCUT2D eigenvalue weighted by molar-refractivity contribution is -0.135. The van der Waals surface area contributed by atoms with Crippen molar-refractivity contribution in [2.24, 2.45) is 44.6 Å². The number of carbonyl (C=O) groups is 6. The molecule has 0 aliphatic carbocycles. The minimum atomic E-state index is -1.22. The van der Waals surface area contributed by atoms with Crippen LogP contribution in [0.2, 0.25) is 0 Å². The molecule has 1 aromatic carbocycles. The van der Waals surface area contributed by atoms with Crippen LogP contribution in [0.15, 0.2) is 34.3 Å². The Labute approximate surface area is 421 Å². The van der Waals surface area contributed by atoms with Crippen LogP contribution in [0.25, 0.3) is 0 Å². The molecule has 21 heteroatoms. The Bertz CT molecular complexity index is 1790. The van der Waals surface area contributed by atoms with Crippen molar-refractivity contribution in [1.82, 2.24) is 31.9 Å². The normalized spacial score (nSPS) is 13.5. The van der Waals surface area contributed by atoms with Crippen LogP contribution >= 0.6 is 12.2 Å². The second-order valence-electron chi connectivity index (χ2n) is 18.1. The summed E-state index contributed by atoms with van der Waals surface area (Å²) in [6, 6.07) is 0.360. The lowest BCUT2D eigenvalue weighted by Crippen LogP contribution is -2.60. The molecule has 0 radical (unpaired) electrons. The van der Waals surface area contributed by atoms with E-state index in [2.05, 4.69) is 48.8 Å². The number of hydrogen-bond acceptors (Lipinski definition) is 10. The summed E-state index contributed by atoms with van der Waals surface area (Å²) < 4.78 is 0. The van der Waals surface area contributed by atoms with Gasteiger partial charge in [0.2, 0.25) is 35.4 Å². The number of phenols is 1. The number of aliphatic imine (C=N–C) groups is 2. The van der Waals surface area contributed by atoms with E-state index in [1.165, 1.54) is 76.8 Å². The molecule has 1 aromatic rings. The maximum atomic E-state index is 14.4. The number of primary amides is 1. The third-order valence-electron chi connectivity index (χ3n) is 11.9. The topological polar surface area (TPSA) is 350 Å². The lowest BCUT2D eigenvalue weighted by atomic mass is 9.96. The molecule has 0 saturated carbocycles. The number of nitrogens with zero attached hydrogens (tertiary/aromatic N) is 2. The van der Waals surface area contributed by atoms with E-state index in [1.54, 1.807) is 19.1 Å². The fourth-order valence-corrected chi connectivity index (χ4v) is 7.90. The predicted octanol–water partition coefficient (Wildman–Crippen LogP) is 2.81. The van der Waals surface area contributed by atoms with Gasteiger partial charge in [-0.3, -0.25) is 38.8 Å². The number of phenolic OH excluding ortho intramolecular Hbond substituents is 1. The lowest BCUT2D eigenvalue weighted by Gasteiger charge is -2.29. The minimum absolute atomic E-state index is 0.00721. The Morgan fingerprint density at radius 1 is 0.586 bits per heavy atom. The highest BCUT2D eigenvalue weighted by Gasteiger charge is 2.34. The standard InChI is InChI=1S/C49H87N13O7S/c1-5-7-8-9-10-11-12-13-14-15-16-24-41(70)55-29-18-17-21-38(60-47(69)42(33(3)6-2)62-46(68)37(58-34(4)63)22-19-30-56-48(51)52)44(66)59-39(23-20-31-57-49(53)54)45(67)61-40(43(50)65)32-35-25-27-36(64)28-26-35/h25-28,33,37-40,42,64H,5-24,29-32H2,1-4H3,(H2,50,65)(H,55,70)(H,58,63)(H,59,66)(H,60,69)(H,61,67)(H,62,68)(H4,51,52,56)(H4,53,54,57)/t33-,37-,38-,39-,40-,42-/m0/s1. The van der Waals surface area contributed by atoms with Gasteiger partial charge in [-0.2, -0.15) is 0 Å². The minimum Gasteiger partial charge on any atom is -0.508 e. The van der Waals surface area contributed by atoms with E-state index in [-0.39, 0.29) is 62.9 Å². The number of benzene rings is 1. The van der Waals surface area contributed by atoms with Crippen LogP contribution in [0.3, 0.4) is 0 Å². The van der Waals surface area contributed by atoms with Crippen molar-refractivity contribution >= 4 is 64.6 Å². The molecule has 6 amide bonds. The summed E-state index contributed by atoms with van der Waals surface area (Å²) in [5, 5.41) is 26.7. The maximum absolute atomic E-state index is 14.4. The molecule has 0 aliphatic heterocycles. The zero-order valence-electron chi connectivity index (χ0n) is 42.3. The molecule has 20 nitrogen and oxygen atoms in total. The molecule has 0 saturated heterocycles. The average Bonchev–Trinajstić information content (AvgIpc) is 3.30. The molecule has 0 heterocycles. The fourth-order valence-electron chi connectivity index (χ4n) is 7.65. The third kappa shape index (κ3) is 29.3. The summed E-state index contributed by atoms with van der Waals surface area (Å²) in [5.74, 6) is -4.58. The number of amides is 6. The highest BCUT2D eigenvalue weighted by molar-refractivity contribution is 7.80. The summed E-state index contributed by atoms with van der Waals surface area (Å²) in [4.78, 5) is 89.6. The van der Waals surface area contributed by atoms with Gasteiger partial charge in [0.25, 0.3) is 0 Å². The van der Waals surface area contributed by atoms with Gasteiger partial charge in [0.15, 0.2) is 11.9 Å². The first-order chi connectivity index (χ1) is 33.4. The van der Waals surface area contributed by atoms with Gasteiger partial charge < -0.3 is 65.7 Å². The molecule has 0 spiro atoms. The van der Waals surface area contributed by atoms with Gasteiger partial charge in [-0.1, -0.05) is 116 Å². The molecule has 70 heavy (non-hydrogen) atoms. The highest BCUT2D eigenvalue weighted by atomic mass is 32.1. The average molecular weight is 1000 g/mol. The number of rotatable bonds is 39. The van der Waals surface area contributed by atoms with Crippen LogP contribution in [0.4, 0.5) is 0 Å². The summed E-state index contributed by atoms with van der Waals surface area (Å²) in [7, 11) is 0. The van der Waals surface area contributed by atoms with E-state index in [0.29, 0.717) is 37.8 Å². The van der Waals surface area contributed by atoms with Crippen molar-refractivity contribution in [3.63, 3.8) is 0 Å². The molecule has 0 unspecified atom stereocenters. The van der Waals surface area contributed by atoms with Gasteiger partial charge >= 0.3 is 0 Å². The number of unbranched alkanes of at least 4 members (excludes halogenated alkanes) is 11. The number of guanidine groups is 2. The Kier molecular flexibility index (Phi) is 33.1. The van der Waals surface area contributed by atoms with E-state index in [9.17, 15) is 33.9 Å². The van der Waals surface area contributed by atoms with Crippen molar-refractivity contribution < 1.29 is 33.9 Å². The number of carbonyl (C=O) groups excluding carboxylic acids is 6. The monoisotopic (exact) mass is 1000 g/mol. The smallest absolute Gasteiger partial charge is 0.243 e. The zero-order valence-corrected chi connectivity index (χ0v) is 43.1. The second-order valence-corrected chi connectivity index (χ2v) is 18.6. The number of thiocarbonyl (C=S) groups is 1. The molecule has 0 aliphatic rings. The van der Waals surface area contributed by atoms with Crippen LogP contribution in [0.1, 0.15) is 162 Å². The van der Waals surface area contributed by atoms with E-state index >= 15 is 0 Å². The van der Waals surface area contributed by atoms with Crippen LogP contribution in [0.5, 0.6) is 5.75 Å². The van der Waals surface area contributed by atoms with E-state index in [1.807, 2.05) is 6.92 Å². The van der Waals surface area contributed by atoms with Gasteiger partial charge in [0.05, 0.1) is 4.99 Å². The van der Waals surface area contributed by atoms with Crippen LogP contribution < -0.4 is 60.6 Å². The molecule has 0 aromatic heterocycles. The molecule has 17 N–H and O–H groups in total. The molecule has 1 rings (SSSR count). The van der Waals surface area contributed by atoms with Crippen molar-refractivity contribution in [1.29, 1.82) is 0 Å². The Morgan fingerprint density at radius 2 is 1.04 bits per heavy atom. The number of aromatic hydroxyl groups is 1. The molecule has 0 bridgehead atoms. The van der Waals surface area contributed by atoms with E-state index < -0.39 is 71.6 Å². The summed E-state index contributed by atoms with van der Waals surface area (Å²) in [6.07, 6.45) is 17.0. The molecular formula is C49H87N13O7S. The number of hydrogen-bond donors (Lipinski definition) is 12. The highest BCUT2D eigenvalue weighted by Crippen LogP contribution is 2.15. The van der Waals surface area contributed by atoms with E-state index in [4.69, 9.17) is 40.9 Å². The molecule has 0 fully saturated rings. The number of nitrogens with two attached hydrogens (primary N) is 5. The first-order valence-electron chi connectivity index (χ1n) is 25.3. The summed E-state index contributed by atoms with van der Waals surface area (Å²) in [6.45, 7) is 8.03. The van der Waals surface area contributed by atoms with Gasteiger partial charge in [-0.25, -0.2) is 0 Å². The zero-order chi connectivity index (χ0) is 52.3. The Morgan fingerprint density at radius 3 is 1.53 bits per heavy atom. The van der Waals surface area contributed by atoms with E-state index in [0.717, 1.165) is 24.3 Å². The largest absolute Gasteiger partial charge is 0.508 e.